The fourth-order valence-electron chi connectivity index (χ4n) is 1.43. The molecule has 108 valence electrons. The molecule has 6 nitrogen and oxygen atoms in total. The number of rotatable bonds is 4. The van der Waals surface area contributed by atoms with Gasteiger partial charge in [-0.3, -0.25) is 9.78 Å². The van der Waals surface area contributed by atoms with Crippen molar-refractivity contribution in [3.63, 3.8) is 0 Å². The Labute approximate surface area is 135 Å². The van der Waals surface area contributed by atoms with Crippen LogP contribution in [0.4, 0.5) is 5.69 Å². The molecule has 0 aliphatic carbocycles. The second-order valence-electron chi connectivity index (χ2n) is 4.17. The van der Waals surface area contributed by atoms with Gasteiger partial charge >= 0.3 is 5.97 Å². The SMILES string of the molecule is Cc1cnc(C(=O)OCC(=O)Nc2ccc(I)cc2)cn1. The minimum absolute atomic E-state index is 0.0719. The van der Waals surface area contributed by atoms with E-state index in [2.05, 4.69) is 37.9 Å². The van der Waals surface area contributed by atoms with Crippen LogP contribution >= 0.6 is 22.6 Å². The van der Waals surface area contributed by atoms with Crippen molar-refractivity contribution in [2.75, 3.05) is 11.9 Å². The average molecular weight is 397 g/mol. The normalized spacial score (nSPS) is 10.0. The molecule has 1 N–H and O–H groups in total. The molecule has 0 bridgehead atoms. The molecule has 0 aliphatic heterocycles. The van der Waals surface area contributed by atoms with Crippen molar-refractivity contribution < 1.29 is 14.3 Å². The highest BCUT2D eigenvalue weighted by molar-refractivity contribution is 14.1. The first kappa shape index (κ1) is 15.4. The Morgan fingerprint density at radius 2 is 1.90 bits per heavy atom. The smallest absolute Gasteiger partial charge is 0.359 e. The van der Waals surface area contributed by atoms with Gasteiger partial charge in [0.25, 0.3) is 5.91 Å². The molecule has 21 heavy (non-hydrogen) atoms. The van der Waals surface area contributed by atoms with Gasteiger partial charge in [-0.15, -0.1) is 0 Å². The molecular formula is C14H12IN3O3. The molecule has 0 fully saturated rings. The number of nitrogens with one attached hydrogen (secondary N) is 1. The number of aromatic nitrogens is 2. The maximum atomic E-state index is 11.7. The maximum Gasteiger partial charge on any atom is 0.359 e. The van der Waals surface area contributed by atoms with Crippen molar-refractivity contribution in [1.29, 1.82) is 0 Å². The third-order valence-corrected chi connectivity index (χ3v) is 3.17. The lowest BCUT2D eigenvalue weighted by atomic mass is 10.3. The van der Waals surface area contributed by atoms with Crippen LogP contribution in [0.15, 0.2) is 36.7 Å². The van der Waals surface area contributed by atoms with Crippen molar-refractivity contribution in [2.24, 2.45) is 0 Å². The van der Waals surface area contributed by atoms with Crippen molar-refractivity contribution in [3.05, 3.63) is 51.6 Å². The number of carbonyl (C=O) groups excluding carboxylic acids is 2. The minimum atomic E-state index is -0.680. The molecule has 0 unspecified atom stereocenters. The molecule has 7 heteroatoms. The van der Waals surface area contributed by atoms with E-state index in [-0.39, 0.29) is 12.3 Å². The van der Waals surface area contributed by atoms with E-state index in [0.29, 0.717) is 11.4 Å². The zero-order valence-electron chi connectivity index (χ0n) is 11.2. The fraction of sp³-hybridized carbons (Fsp3) is 0.143. The summed E-state index contributed by atoms with van der Waals surface area (Å²) in [4.78, 5) is 31.1. The van der Waals surface area contributed by atoms with Crippen LogP contribution in [0.5, 0.6) is 0 Å². The molecule has 2 aromatic rings. The minimum Gasteiger partial charge on any atom is -0.451 e. The second kappa shape index (κ2) is 7.11. The van der Waals surface area contributed by atoms with E-state index >= 15 is 0 Å². The first-order chi connectivity index (χ1) is 10.0. The molecule has 1 aromatic carbocycles. The summed E-state index contributed by atoms with van der Waals surface area (Å²) in [6.07, 6.45) is 2.77. The first-order valence-electron chi connectivity index (χ1n) is 6.06. The number of nitrogens with zero attached hydrogens (tertiary/aromatic N) is 2. The van der Waals surface area contributed by atoms with Gasteiger partial charge in [0, 0.05) is 15.5 Å². The molecule has 2 rings (SSSR count). The number of halogens is 1. The highest BCUT2D eigenvalue weighted by Gasteiger charge is 2.11. The zero-order valence-corrected chi connectivity index (χ0v) is 13.3. The van der Waals surface area contributed by atoms with Gasteiger partial charge in [-0.2, -0.15) is 0 Å². The van der Waals surface area contributed by atoms with Gasteiger partial charge < -0.3 is 10.1 Å². The first-order valence-corrected chi connectivity index (χ1v) is 7.13. The number of ether oxygens (including phenoxy) is 1. The van der Waals surface area contributed by atoms with Gasteiger partial charge in [0.15, 0.2) is 12.3 Å². The number of hydrogen-bond donors (Lipinski definition) is 1. The van der Waals surface area contributed by atoms with Gasteiger partial charge in [-0.25, -0.2) is 9.78 Å². The van der Waals surface area contributed by atoms with Crippen molar-refractivity contribution in [3.8, 4) is 0 Å². The van der Waals surface area contributed by atoms with Gasteiger partial charge in [0.05, 0.1) is 11.9 Å². The Morgan fingerprint density at radius 3 is 2.52 bits per heavy atom. The summed E-state index contributed by atoms with van der Waals surface area (Å²) in [5.41, 5.74) is 1.41. The molecule has 0 spiro atoms. The molecule has 0 aliphatic rings. The zero-order chi connectivity index (χ0) is 15.2. The van der Waals surface area contributed by atoms with Crippen LogP contribution in [0.25, 0.3) is 0 Å². The molecule has 0 saturated carbocycles. The second-order valence-corrected chi connectivity index (χ2v) is 5.42. The predicted octanol–water partition coefficient (Wildman–Crippen LogP) is 2.19. The van der Waals surface area contributed by atoms with Crippen LogP contribution in [0.3, 0.4) is 0 Å². The third kappa shape index (κ3) is 4.78. The number of benzene rings is 1. The summed E-state index contributed by atoms with van der Waals surface area (Å²) < 4.78 is 5.94. The Kier molecular flexibility index (Phi) is 5.20. The quantitative estimate of drug-likeness (QED) is 0.632. The molecule has 1 aromatic heterocycles. The lowest BCUT2D eigenvalue weighted by molar-refractivity contribution is -0.119. The largest absolute Gasteiger partial charge is 0.451 e. The molecule has 0 saturated heterocycles. The Hall–Kier alpha value is -2.03. The molecular weight excluding hydrogens is 385 g/mol. The van der Waals surface area contributed by atoms with Crippen LogP contribution < -0.4 is 5.32 Å². The summed E-state index contributed by atoms with van der Waals surface area (Å²) in [6, 6.07) is 7.27. The summed E-state index contributed by atoms with van der Waals surface area (Å²) in [7, 11) is 0. The third-order valence-electron chi connectivity index (χ3n) is 2.45. The molecule has 1 heterocycles. The van der Waals surface area contributed by atoms with E-state index in [1.807, 2.05) is 12.1 Å². The number of amides is 1. The lowest BCUT2D eigenvalue weighted by Crippen LogP contribution is -2.21. The van der Waals surface area contributed by atoms with Crippen LogP contribution in [0.1, 0.15) is 16.2 Å². The molecule has 1 amide bonds. The van der Waals surface area contributed by atoms with Crippen LogP contribution in [0, 0.1) is 10.5 Å². The highest BCUT2D eigenvalue weighted by Crippen LogP contribution is 2.10. The van der Waals surface area contributed by atoms with Crippen LogP contribution in [0.2, 0.25) is 0 Å². The monoisotopic (exact) mass is 397 g/mol. The summed E-state index contributed by atoms with van der Waals surface area (Å²) in [6.45, 7) is 1.39. The highest BCUT2D eigenvalue weighted by atomic mass is 127. The van der Waals surface area contributed by atoms with Crippen molar-refractivity contribution in [1.82, 2.24) is 9.97 Å². The van der Waals surface area contributed by atoms with Crippen LogP contribution in [-0.4, -0.2) is 28.5 Å². The number of carbonyl (C=O) groups is 2. The standard InChI is InChI=1S/C14H12IN3O3/c1-9-6-17-12(7-16-9)14(20)21-8-13(19)18-11-4-2-10(15)3-5-11/h2-7H,8H2,1H3,(H,18,19). The van der Waals surface area contributed by atoms with E-state index in [0.717, 1.165) is 3.57 Å². The Morgan fingerprint density at radius 1 is 1.19 bits per heavy atom. The van der Waals surface area contributed by atoms with Crippen molar-refractivity contribution in [2.45, 2.75) is 6.92 Å². The summed E-state index contributed by atoms with van der Waals surface area (Å²) in [5.74, 6) is -1.09. The molecule has 0 radical (unpaired) electrons. The van der Waals surface area contributed by atoms with Gasteiger partial charge in [0.2, 0.25) is 0 Å². The topological polar surface area (TPSA) is 81.2 Å². The maximum absolute atomic E-state index is 11.7. The van der Waals surface area contributed by atoms with E-state index in [1.54, 1.807) is 19.1 Å². The fourth-order valence-corrected chi connectivity index (χ4v) is 1.79. The lowest BCUT2D eigenvalue weighted by Gasteiger charge is -2.06. The number of esters is 1. The van der Waals surface area contributed by atoms with E-state index in [1.165, 1.54) is 12.4 Å². The predicted molar refractivity (Wildman–Crippen MR) is 84.8 cm³/mol. The van der Waals surface area contributed by atoms with Crippen molar-refractivity contribution >= 4 is 40.2 Å². The van der Waals surface area contributed by atoms with Gasteiger partial charge in [0.1, 0.15) is 0 Å². The average Bonchev–Trinajstić information content (AvgIpc) is 2.48. The van der Waals surface area contributed by atoms with Crippen LogP contribution in [-0.2, 0) is 9.53 Å². The number of anilines is 1. The number of aryl methyl sites for hydroxylation is 1. The van der Waals surface area contributed by atoms with E-state index in [9.17, 15) is 9.59 Å². The van der Waals surface area contributed by atoms with Gasteiger partial charge in [-0.05, 0) is 53.8 Å². The van der Waals surface area contributed by atoms with E-state index < -0.39 is 11.9 Å². The number of hydrogen-bond acceptors (Lipinski definition) is 5. The van der Waals surface area contributed by atoms with E-state index in [4.69, 9.17) is 4.74 Å². The summed E-state index contributed by atoms with van der Waals surface area (Å²) >= 11 is 2.17. The van der Waals surface area contributed by atoms with Gasteiger partial charge in [-0.1, -0.05) is 0 Å². The Balaban J connectivity index is 1.84. The summed E-state index contributed by atoms with van der Waals surface area (Å²) in [5, 5.41) is 2.63. The molecule has 0 atom stereocenters. The Bertz CT molecular complexity index is 642.